The lowest BCUT2D eigenvalue weighted by molar-refractivity contribution is 0.142. The second kappa shape index (κ2) is 5.00. The molecule has 0 bridgehead atoms. The fourth-order valence-corrected chi connectivity index (χ4v) is 3.14. The van der Waals surface area contributed by atoms with Crippen molar-refractivity contribution in [1.82, 2.24) is 0 Å². The molecule has 100 valence electrons. The molecule has 1 aliphatic carbocycles. The average molecular weight is 249 g/mol. The summed E-state index contributed by atoms with van der Waals surface area (Å²) in [6, 6.07) is 6.68. The molecule has 4 unspecified atom stereocenters. The van der Waals surface area contributed by atoms with E-state index in [-0.39, 0.29) is 11.4 Å². The fraction of sp³-hybridized carbons (Fsp3) is 0.625. The molecule has 1 saturated carbocycles. The molecule has 1 aliphatic rings. The van der Waals surface area contributed by atoms with Crippen LogP contribution in [0, 0.1) is 23.6 Å². The van der Waals surface area contributed by atoms with Crippen molar-refractivity contribution < 1.29 is 4.39 Å². The first-order chi connectivity index (χ1) is 8.41. The van der Waals surface area contributed by atoms with Gasteiger partial charge >= 0.3 is 0 Å². The van der Waals surface area contributed by atoms with Gasteiger partial charge in [-0.3, -0.25) is 0 Å². The maximum absolute atomic E-state index is 13.0. The van der Waals surface area contributed by atoms with E-state index in [1.807, 2.05) is 12.1 Å². The number of nitrogens with two attached hydrogens (primary N) is 1. The van der Waals surface area contributed by atoms with Crippen molar-refractivity contribution >= 4 is 0 Å². The fourth-order valence-electron chi connectivity index (χ4n) is 3.14. The van der Waals surface area contributed by atoms with E-state index in [2.05, 4.69) is 20.8 Å². The zero-order valence-corrected chi connectivity index (χ0v) is 11.6. The van der Waals surface area contributed by atoms with E-state index < -0.39 is 0 Å². The predicted octanol–water partition coefficient (Wildman–Crippen LogP) is 4.07. The zero-order valence-electron chi connectivity index (χ0n) is 11.6. The Morgan fingerprint density at radius 3 is 2.28 bits per heavy atom. The highest BCUT2D eigenvalue weighted by Gasteiger charge is 2.36. The van der Waals surface area contributed by atoms with E-state index >= 15 is 0 Å². The molecule has 0 amide bonds. The third-order valence-corrected chi connectivity index (χ3v) is 4.91. The molecule has 1 fully saturated rings. The smallest absolute Gasteiger partial charge is 0.123 e. The number of hydrogen-bond donors (Lipinski definition) is 1. The first kappa shape index (κ1) is 13.5. The van der Waals surface area contributed by atoms with Gasteiger partial charge in [0.15, 0.2) is 0 Å². The van der Waals surface area contributed by atoms with Gasteiger partial charge in [-0.2, -0.15) is 0 Å². The molecule has 0 aliphatic heterocycles. The van der Waals surface area contributed by atoms with E-state index in [0.29, 0.717) is 5.92 Å². The van der Waals surface area contributed by atoms with Crippen molar-refractivity contribution in [2.45, 2.75) is 45.6 Å². The second-order valence-electron chi connectivity index (χ2n) is 6.25. The van der Waals surface area contributed by atoms with Crippen molar-refractivity contribution in [3.8, 4) is 0 Å². The number of halogens is 1. The molecule has 2 heteroatoms. The molecule has 2 rings (SSSR count). The Hall–Kier alpha value is -0.890. The van der Waals surface area contributed by atoms with Gasteiger partial charge in [0, 0.05) is 5.54 Å². The lowest BCUT2D eigenvalue weighted by atomic mass is 9.67. The normalized spacial score (nSPS) is 31.9. The molecule has 0 heterocycles. The lowest BCUT2D eigenvalue weighted by Gasteiger charge is -2.41. The van der Waals surface area contributed by atoms with Crippen molar-refractivity contribution in [3.05, 3.63) is 35.6 Å². The Labute approximate surface area is 110 Å². The van der Waals surface area contributed by atoms with Crippen LogP contribution in [0.1, 0.15) is 45.6 Å². The summed E-state index contributed by atoms with van der Waals surface area (Å²) in [5, 5.41) is 0. The van der Waals surface area contributed by atoms with E-state index in [0.717, 1.165) is 17.4 Å². The highest BCUT2D eigenvalue weighted by atomic mass is 19.1. The monoisotopic (exact) mass is 249 g/mol. The molecule has 1 aromatic rings. The van der Waals surface area contributed by atoms with E-state index in [1.165, 1.54) is 31.4 Å². The van der Waals surface area contributed by atoms with Gasteiger partial charge in [0.1, 0.15) is 5.82 Å². The number of rotatable bonds is 2. The van der Waals surface area contributed by atoms with Crippen LogP contribution in [-0.4, -0.2) is 0 Å². The molecular formula is C16H24FN. The Morgan fingerprint density at radius 2 is 1.72 bits per heavy atom. The van der Waals surface area contributed by atoms with Crippen LogP contribution in [0.3, 0.4) is 0 Å². The van der Waals surface area contributed by atoms with E-state index in [4.69, 9.17) is 5.73 Å². The van der Waals surface area contributed by atoms with Crippen LogP contribution in [-0.2, 0) is 5.54 Å². The summed E-state index contributed by atoms with van der Waals surface area (Å²) in [5.74, 6) is 1.83. The third-order valence-electron chi connectivity index (χ3n) is 4.91. The van der Waals surface area contributed by atoms with Gasteiger partial charge in [0.05, 0.1) is 0 Å². The molecule has 0 aromatic heterocycles. The largest absolute Gasteiger partial charge is 0.321 e. The summed E-state index contributed by atoms with van der Waals surface area (Å²) in [6.45, 7) is 6.73. The van der Waals surface area contributed by atoms with E-state index in [9.17, 15) is 4.39 Å². The first-order valence-electron chi connectivity index (χ1n) is 6.96. The summed E-state index contributed by atoms with van der Waals surface area (Å²) in [6.07, 6.45) is 3.60. The molecule has 0 spiro atoms. The van der Waals surface area contributed by atoms with Crippen molar-refractivity contribution in [1.29, 1.82) is 0 Å². The maximum atomic E-state index is 13.0. The lowest BCUT2D eigenvalue weighted by Crippen LogP contribution is -2.44. The topological polar surface area (TPSA) is 26.0 Å². The Balaban J connectivity index is 2.17. The molecule has 4 atom stereocenters. The number of hydrogen-bond acceptors (Lipinski definition) is 1. The number of benzene rings is 1. The molecule has 18 heavy (non-hydrogen) atoms. The van der Waals surface area contributed by atoms with Gasteiger partial charge in [0.25, 0.3) is 0 Å². The van der Waals surface area contributed by atoms with Crippen molar-refractivity contribution in [2.24, 2.45) is 23.5 Å². The van der Waals surface area contributed by atoms with Crippen LogP contribution >= 0.6 is 0 Å². The predicted molar refractivity (Wildman–Crippen MR) is 73.6 cm³/mol. The van der Waals surface area contributed by atoms with Gasteiger partial charge < -0.3 is 5.73 Å². The minimum Gasteiger partial charge on any atom is -0.321 e. The third kappa shape index (κ3) is 2.59. The summed E-state index contributed by atoms with van der Waals surface area (Å²) in [7, 11) is 0. The van der Waals surface area contributed by atoms with Gasteiger partial charge in [-0.05, 0) is 55.2 Å². The van der Waals surface area contributed by atoms with Gasteiger partial charge in [-0.25, -0.2) is 4.39 Å². The Morgan fingerprint density at radius 1 is 1.11 bits per heavy atom. The molecule has 0 radical (unpaired) electrons. The van der Waals surface area contributed by atoms with Crippen LogP contribution in [0.2, 0.25) is 0 Å². The summed E-state index contributed by atoms with van der Waals surface area (Å²) in [5.41, 5.74) is 7.25. The molecule has 1 aromatic carbocycles. The minimum absolute atomic E-state index is 0.194. The van der Waals surface area contributed by atoms with Crippen LogP contribution in [0.4, 0.5) is 4.39 Å². The van der Waals surface area contributed by atoms with Crippen LogP contribution in [0.5, 0.6) is 0 Å². The summed E-state index contributed by atoms with van der Waals surface area (Å²) >= 11 is 0. The molecule has 2 N–H and O–H groups in total. The second-order valence-corrected chi connectivity index (χ2v) is 6.25. The Kier molecular flexibility index (Phi) is 3.76. The highest BCUT2D eigenvalue weighted by molar-refractivity contribution is 5.25. The highest BCUT2D eigenvalue weighted by Crippen LogP contribution is 2.41. The molecule has 1 nitrogen and oxygen atoms in total. The first-order valence-corrected chi connectivity index (χ1v) is 6.96. The maximum Gasteiger partial charge on any atom is 0.123 e. The zero-order chi connectivity index (χ0) is 13.3. The van der Waals surface area contributed by atoms with Gasteiger partial charge in [-0.15, -0.1) is 0 Å². The molecular weight excluding hydrogens is 225 g/mol. The summed E-state index contributed by atoms with van der Waals surface area (Å²) < 4.78 is 13.0. The van der Waals surface area contributed by atoms with Crippen LogP contribution in [0.15, 0.2) is 24.3 Å². The van der Waals surface area contributed by atoms with Gasteiger partial charge in [0.2, 0.25) is 0 Å². The van der Waals surface area contributed by atoms with Crippen LogP contribution < -0.4 is 5.73 Å². The van der Waals surface area contributed by atoms with Crippen LogP contribution in [0.25, 0.3) is 0 Å². The summed E-state index contributed by atoms with van der Waals surface area (Å²) in [4.78, 5) is 0. The van der Waals surface area contributed by atoms with Gasteiger partial charge in [-0.1, -0.05) is 32.4 Å². The Bertz CT molecular complexity index is 396. The average Bonchev–Trinajstić information content (AvgIpc) is 2.33. The minimum atomic E-state index is -0.345. The van der Waals surface area contributed by atoms with Crippen molar-refractivity contribution in [2.75, 3.05) is 0 Å². The van der Waals surface area contributed by atoms with E-state index in [1.54, 1.807) is 0 Å². The molecule has 0 saturated heterocycles. The quantitative estimate of drug-likeness (QED) is 0.840. The SMILES string of the molecule is CC1CCC(C(C)(N)c2ccc(F)cc2)CC1C. The van der Waals surface area contributed by atoms with Crippen molar-refractivity contribution in [3.63, 3.8) is 0 Å². The standard InChI is InChI=1S/C16H24FN/c1-11-4-5-14(10-12(11)2)16(3,18)13-6-8-15(17)9-7-13/h6-9,11-12,14H,4-5,10,18H2,1-3H3.